The van der Waals surface area contributed by atoms with E-state index in [2.05, 4.69) is 17.6 Å². The maximum Gasteiger partial charge on any atom is 0.238 e. The number of benzene rings is 3. The normalized spacial score (nSPS) is 12.6. The Morgan fingerprint density at radius 3 is 2.00 bits per heavy atom. The van der Waals surface area contributed by atoms with E-state index in [1.165, 1.54) is 70.6 Å². The zero-order valence-corrected chi connectivity index (χ0v) is 28.7. The summed E-state index contributed by atoms with van der Waals surface area (Å²) >= 11 is -2.19. The molecule has 1 amide bonds. The van der Waals surface area contributed by atoms with Crippen LogP contribution < -0.4 is 20.1 Å². The minimum absolute atomic E-state index is 0.227. The van der Waals surface area contributed by atoms with Crippen LogP contribution in [0, 0.1) is 0 Å². The number of carbonyl (C=O) groups is 1. The number of hydrogen-bond donors (Lipinski definition) is 3. The molecular weight excluding hydrogens is 596 g/mol. The first-order valence-electron chi connectivity index (χ1n) is 17.5. The van der Waals surface area contributed by atoms with Gasteiger partial charge >= 0.3 is 0 Å². The zero-order chi connectivity index (χ0) is 32.7. The average Bonchev–Trinajstić information content (AvgIpc) is 3.07. The molecule has 2 atom stereocenters. The van der Waals surface area contributed by atoms with Crippen LogP contribution >= 0.6 is 0 Å². The van der Waals surface area contributed by atoms with Crippen molar-refractivity contribution in [3.63, 3.8) is 0 Å². The molecule has 0 heterocycles. The number of unbranched alkanes of at least 4 members (excludes halogenated alkanes) is 13. The first-order chi connectivity index (χ1) is 22.6. The average molecular weight is 653 g/mol. The molecular formula is C38H56N2O5S. The number of ether oxygens (including phenoxy) is 2. The quantitative estimate of drug-likeness (QED) is 0.0455. The molecule has 46 heavy (non-hydrogen) atoms. The minimum Gasteiger partial charge on any atom is -0.484 e. The maximum atomic E-state index is 12.6. The Morgan fingerprint density at radius 2 is 1.35 bits per heavy atom. The molecule has 0 aromatic heterocycles. The third-order valence-corrected chi connectivity index (χ3v) is 9.29. The van der Waals surface area contributed by atoms with Gasteiger partial charge in [0, 0.05) is 18.5 Å². The lowest BCUT2D eigenvalue weighted by molar-refractivity contribution is -0.120. The van der Waals surface area contributed by atoms with Gasteiger partial charge in [0.1, 0.15) is 18.6 Å². The van der Waals surface area contributed by atoms with E-state index in [1.54, 1.807) is 0 Å². The Labute approximate surface area is 279 Å². The predicted octanol–water partition coefficient (Wildman–Crippen LogP) is 8.92. The topological polar surface area (TPSA) is 96.9 Å². The second-order valence-electron chi connectivity index (χ2n) is 12.1. The summed E-state index contributed by atoms with van der Waals surface area (Å²) in [6.07, 6.45) is 17.9. The van der Waals surface area contributed by atoms with E-state index in [4.69, 9.17) is 9.47 Å². The van der Waals surface area contributed by atoms with Gasteiger partial charge in [-0.3, -0.25) is 10.1 Å². The molecule has 7 nitrogen and oxygen atoms in total. The minimum atomic E-state index is -2.19. The Kier molecular flexibility index (Phi) is 19.1. The van der Waals surface area contributed by atoms with Gasteiger partial charge < -0.3 is 19.3 Å². The fourth-order valence-corrected chi connectivity index (χ4v) is 6.29. The summed E-state index contributed by atoms with van der Waals surface area (Å²) in [6, 6.07) is 22.0. The summed E-state index contributed by atoms with van der Waals surface area (Å²) in [7, 11) is 0. The van der Waals surface area contributed by atoms with Gasteiger partial charge in [-0.1, -0.05) is 157 Å². The summed E-state index contributed by atoms with van der Waals surface area (Å²) < 4.78 is 33.9. The van der Waals surface area contributed by atoms with E-state index in [1.807, 2.05) is 66.7 Å². The highest BCUT2D eigenvalue weighted by Gasteiger charge is 2.23. The summed E-state index contributed by atoms with van der Waals surface area (Å²) in [5, 5.41) is 7.13. The van der Waals surface area contributed by atoms with Crippen molar-refractivity contribution in [1.82, 2.24) is 10.6 Å². The first kappa shape index (κ1) is 37.5. The molecule has 0 spiro atoms. The van der Waals surface area contributed by atoms with Crippen LogP contribution in [-0.4, -0.2) is 39.7 Å². The summed E-state index contributed by atoms with van der Waals surface area (Å²) in [6.45, 7) is 3.71. The van der Waals surface area contributed by atoms with Crippen LogP contribution in [0.3, 0.4) is 0 Å². The van der Waals surface area contributed by atoms with Crippen LogP contribution in [-0.2, 0) is 22.5 Å². The van der Waals surface area contributed by atoms with Crippen molar-refractivity contribution in [3.05, 3.63) is 72.3 Å². The molecule has 0 fully saturated rings. The molecule has 254 valence electrons. The lowest BCUT2D eigenvalue weighted by atomic mass is 10.0. The van der Waals surface area contributed by atoms with E-state index >= 15 is 0 Å². The molecule has 0 aliphatic carbocycles. The maximum absolute atomic E-state index is 12.6. The van der Waals surface area contributed by atoms with Gasteiger partial charge in [0.2, 0.25) is 5.91 Å². The Morgan fingerprint density at radius 1 is 0.739 bits per heavy atom. The van der Waals surface area contributed by atoms with Crippen molar-refractivity contribution in [2.45, 2.75) is 115 Å². The van der Waals surface area contributed by atoms with Crippen LogP contribution in [0.15, 0.2) is 66.7 Å². The smallest absolute Gasteiger partial charge is 0.238 e. The largest absolute Gasteiger partial charge is 0.484 e. The van der Waals surface area contributed by atoms with Crippen molar-refractivity contribution in [2.24, 2.45) is 0 Å². The van der Waals surface area contributed by atoms with Crippen molar-refractivity contribution in [2.75, 3.05) is 19.8 Å². The lowest BCUT2D eigenvalue weighted by Gasteiger charge is -2.16. The fourth-order valence-electron chi connectivity index (χ4n) is 5.65. The van der Waals surface area contributed by atoms with E-state index < -0.39 is 16.3 Å². The number of hydrogen-bond acceptors (Lipinski definition) is 5. The van der Waals surface area contributed by atoms with Gasteiger partial charge in [0.15, 0.2) is 22.6 Å². The van der Waals surface area contributed by atoms with Gasteiger partial charge in [-0.2, -0.15) is 0 Å². The fraction of sp³-hybridized carbons (Fsp3) is 0.553. The lowest BCUT2D eigenvalue weighted by Crippen LogP contribution is -2.40. The molecule has 0 aliphatic rings. The first-order valence-corrected chi connectivity index (χ1v) is 18.7. The highest BCUT2D eigenvalue weighted by Crippen LogP contribution is 2.36. The standard InChI is InChI=1S/C38H56N2O5S/c1-2-3-4-5-6-7-8-9-10-11-12-13-14-18-25-36(46(42)43)38(41)40-29-28-39-31-45-35-27-26-33-23-19-20-24-34(33)37(35)44-30-32-21-16-15-17-22-32/h15-17,19-24,26-27,36,39H,2-14,18,25,28-31H2,1H3,(H,40,41)(H,42,43). The summed E-state index contributed by atoms with van der Waals surface area (Å²) in [5.74, 6) is 0.952. The van der Waals surface area contributed by atoms with Gasteiger partial charge in [-0.25, -0.2) is 4.21 Å². The number of fused-ring (bicyclic) bond motifs is 1. The number of rotatable bonds is 26. The predicted molar refractivity (Wildman–Crippen MR) is 191 cm³/mol. The third kappa shape index (κ3) is 14.7. The van der Waals surface area contributed by atoms with Crippen molar-refractivity contribution in [1.29, 1.82) is 0 Å². The monoisotopic (exact) mass is 652 g/mol. The van der Waals surface area contributed by atoms with Crippen molar-refractivity contribution in [3.8, 4) is 11.5 Å². The summed E-state index contributed by atoms with van der Waals surface area (Å²) in [4.78, 5) is 12.6. The van der Waals surface area contributed by atoms with Gasteiger partial charge in [-0.15, -0.1) is 0 Å². The van der Waals surface area contributed by atoms with E-state index in [0.29, 0.717) is 37.6 Å². The molecule has 2 unspecified atom stereocenters. The van der Waals surface area contributed by atoms with Crippen LogP contribution in [0.2, 0.25) is 0 Å². The Hall–Kier alpha value is -2.94. The van der Waals surface area contributed by atoms with Gasteiger partial charge in [-0.05, 0) is 23.4 Å². The number of amides is 1. The highest BCUT2D eigenvalue weighted by atomic mass is 32.2. The second kappa shape index (κ2) is 23.4. The number of nitrogens with one attached hydrogen (secondary N) is 2. The van der Waals surface area contributed by atoms with Crippen molar-refractivity contribution < 1.29 is 23.0 Å². The molecule has 3 aromatic carbocycles. The molecule has 3 aromatic rings. The molecule has 0 saturated heterocycles. The van der Waals surface area contributed by atoms with Crippen LogP contribution in [0.4, 0.5) is 0 Å². The summed E-state index contributed by atoms with van der Waals surface area (Å²) in [5.41, 5.74) is 1.07. The molecule has 3 N–H and O–H groups in total. The van der Waals surface area contributed by atoms with E-state index in [0.717, 1.165) is 35.6 Å². The Bertz CT molecular complexity index is 1270. The zero-order valence-electron chi connectivity index (χ0n) is 27.9. The van der Waals surface area contributed by atoms with Crippen LogP contribution in [0.1, 0.15) is 109 Å². The second-order valence-corrected chi connectivity index (χ2v) is 13.2. The molecule has 3 rings (SSSR count). The van der Waals surface area contributed by atoms with Crippen LogP contribution in [0.5, 0.6) is 11.5 Å². The van der Waals surface area contributed by atoms with E-state index in [-0.39, 0.29) is 12.6 Å². The highest BCUT2D eigenvalue weighted by molar-refractivity contribution is 7.80. The molecule has 0 bridgehead atoms. The van der Waals surface area contributed by atoms with Gasteiger partial charge in [0.05, 0.1) is 0 Å². The molecule has 0 aliphatic heterocycles. The van der Waals surface area contributed by atoms with Crippen molar-refractivity contribution >= 4 is 27.8 Å². The molecule has 0 radical (unpaired) electrons. The van der Waals surface area contributed by atoms with Crippen LogP contribution in [0.25, 0.3) is 10.8 Å². The van der Waals surface area contributed by atoms with E-state index in [9.17, 15) is 13.6 Å². The Balaban J connectivity index is 1.28. The SMILES string of the molecule is CCCCCCCCCCCCCCCCC(C(=O)NCCNCOc1ccc2ccccc2c1OCc1ccccc1)S(=O)O. The molecule has 8 heteroatoms. The molecule has 0 saturated carbocycles. The number of carbonyl (C=O) groups excluding carboxylic acids is 1. The third-order valence-electron chi connectivity index (χ3n) is 8.36. The van der Waals surface area contributed by atoms with Gasteiger partial charge in [0.25, 0.3) is 0 Å².